The Kier molecular flexibility index (Phi) is 3.19. The summed E-state index contributed by atoms with van der Waals surface area (Å²) in [6.45, 7) is 0.277. The van der Waals surface area contributed by atoms with Crippen molar-refractivity contribution >= 4 is 23.1 Å². The highest BCUT2D eigenvalue weighted by molar-refractivity contribution is 7.80. The number of amides is 1. The first kappa shape index (κ1) is 10.6. The molecule has 5 nitrogen and oxygen atoms in total. The molecule has 1 heterocycles. The molecule has 0 aromatic carbocycles. The number of carbonyl (C=O) groups is 1. The Hall–Kier alpha value is -1.43. The van der Waals surface area contributed by atoms with Gasteiger partial charge in [0, 0.05) is 20.3 Å². The molecule has 0 aliphatic carbocycles. The third kappa shape index (κ3) is 2.29. The van der Waals surface area contributed by atoms with E-state index in [0.29, 0.717) is 10.7 Å². The number of carbonyl (C=O) groups excluding carboxylic acids is 1. The van der Waals surface area contributed by atoms with Crippen molar-refractivity contribution in [2.45, 2.75) is 0 Å². The summed E-state index contributed by atoms with van der Waals surface area (Å²) in [4.78, 5) is 13.5. The number of nitrogens with zero attached hydrogens (tertiary/aromatic N) is 3. The van der Waals surface area contributed by atoms with Gasteiger partial charge in [0.15, 0.2) is 0 Å². The fourth-order valence-electron chi connectivity index (χ4n) is 1.08. The Morgan fingerprint density at radius 1 is 1.79 bits per heavy atom. The number of aromatic nitrogens is 2. The predicted molar refractivity (Wildman–Crippen MR) is 57.0 cm³/mol. The summed E-state index contributed by atoms with van der Waals surface area (Å²) in [7, 11) is 3.36. The zero-order valence-corrected chi connectivity index (χ0v) is 8.91. The molecule has 1 rings (SSSR count). The van der Waals surface area contributed by atoms with E-state index in [-0.39, 0.29) is 12.5 Å². The highest BCUT2D eigenvalue weighted by Gasteiger charge is 2.14. The fourth-order valence-corrected chi connectivity index (χ4v) is 1.28. The maximum Gasteiger partial charge on any atom is 0.272 e. The maximum atomic E-state index is 11.7. The highest BCUT2D eigenvalue weighted by atomic mass is 32.1. The van der Waals surface area contributed by atoms with E-state index in [1.54, 1.807) is 26.4 Å². The van der Waals surface area contributed by atoms with Gasteiger partial charge < -0.3 is 10.6 Å². The molecule has 14 heavy (non-hydrogen) atoms. The van der Waals surface area contributed by atoms with Crippen LogP contribution in [0, 0.1) is 0 Å². The maximum absolute atomic E-state index is 11.7. The van der Waals surface area contributed by atoms with Gasteiger partial charge in [0.25, 0.3) is 5.91 Å². The second-order valence-electron chi connectivity index (χ2n) is 2.97. The molecule has 0 unspecified atom stereocenters. The molecule has 1 amide bonds. The summed E-state index contributed by atoms with van der Waals surface area (Å²) < 4.78 is 1.51. The van der Waals surface area contributed by atoms with E-state index in [9.17, 15) is 4.79 Å². The van der Waals surface area contributed by atoms with E-state index >= 15 is 0 Å². The number of rotatable bonds is 3. The lowest BCUT2D eigenvalue weighted by Gasteiger charge is -2.15. The molecule has 0 aliphatic heterocycles. The number of hydrogen-bond donors (Lipinski definition) is 1. The third-order valence-corrected chi connectivity index (χ3v) is 1.91. The molecule has 0 saturated heterocycles. The molecule has 6 heteroatoms. The first-order valence-corrected chi connectivity index (χ1v) is 4.45. The van der Waals surface area contributed by atoms with Crippen LogP contribution in [0.15, 0.2) is 12.3 Å². The van der Waals surface area contributed by atoms with E-state index in [1.807, 2.05) is 0 Å². The van der Waals surface area contributed by atoms with Crippen molar-refractivity contribution in [1.29, 1.82) is 0 Å². The molecule has 0 saturated carbocycles. The van der Waals surface area contributed by atoms with E-state index < -0.39 is 0 Å². The van der Waals surface area contributed by atoms with Crippen LogP contribution in [-0.2, 0) is 7.05 Å². The van der Waals surface area contributed by atoms with E-state index in [1.165, 1.54) is 9.58 Å². The van der Waals surface area contributed by atoms with Crippen LogP contribution in [0.25, 0.3) is 0 Å². The Bertz CT molecular complexity index is 360. The highest BCUT2D eigenvalue weighted by Crippen LogP contribution is 2.00. The van der Waals surface area contributed by atoms with E-state index in [4.69, 9.17) is 18.0 Å². The van der Waals surface area contributed by atoms with Crippen LogP contribution < -0.4 is 5.73 Å². The van der Waals surface area contributed by atoms with Gasteiger partial charge in [-0.3, -0.25) is 9.48 Å². The molecule has 0 aliphatic rings. The molecule has 0 spiro atoms. The van der Waals surface area contributed by atoms with Crippen molar-refractivity contribution < 1.29 is 4.79 Å². The van der Waals surface area contributed by atoms with Crippen molar-refractivity contribution in [3.63, 3.8) is 0 Å². The van der Waals surface area contributed by atoms with Gasteiger partial charge in [0.2, 0.25) is 0 Å². The zero-order chi connectivity index (χ0) is 10.7. The van der Waals surface area contributed by atoms with Gasteiger partial charge in [-0.1, -0.05) is 12.2 Å². The molecule has 2 N–H and O–H groups in total. The number of likely N-dealkylation sites (N-methyl/N-ethyl adjacent to an activating group) is 1. The van der Waals surface area contributed by atoms with Gasteiger partial charge in [0.05, 0.1) is 11.5 Å². The van der Waals surface area contributed by atoms with Crippen molar-refractivity contribution in [3.05, 3.63) is 18.0 Å². The first-order valence-electron chi connectivity index (χ1n) is 4.04. The molecule has 0 radical (unpaired) electrons. The lowest BCUT2D eigenvalue weighted by Crippen LogP contribution is -2.35. The minimum Gasteiger partial charge on any atom is -0.392 e. The zero-order valence-electron chi connectivity index (χ0n) is 8.10. The van der Waals surface area contributed by atoms with Gasteiger partial charge in [0.1, 0.15) is 5.69 Å². The molecule has 76 valence electrons. The Morgan fingerprint density at radius 3 is 2.86 bits per heavy atom. The van der Waals surface area contributed by atoms with Crippen molar-refractivity contribution in [1.82, 2.24) is 14.7 Å². The third-order valence-electron chi connectivity index (χ3n) is 1.78. The van der Waals surface area contributed by atoms with Crippen LogP contribution in [0.3, 0.4) is 0 Å². The molecule has 0 fully saturated rings. The lowest BCUT2D eigenvalue weighted by atomic mass is 10.3. The van der Waals surface area contributed by atoms with Gasteiger partial charge in [-0.05, 0) is 6.07 Å². The number of hydrogen-bond acceptors (Lipinski definition) is 3. The molecule has 1 aromatic rings. The number of aryl methyl sites for hydroxylation is 1. The average Bonchev–Trinajstić information content (AvgIpc) is 2.48. The number of thiocarbonyl (C=S) groups is 1. The summed E-state index contributed by atoms with van der Waals surface area (Å²) in [6.07, 6.45) is 1.57. The minimum absolute atomic E-state index is 0.141. The summed E-state index contributed by atoms with van der Waals surface area (Å²) in [5.41, 5.74) is 5.86. The fraction of sp³-hybridized carbons (Fsp3) is 0.375. The van der Waals surface area contributed by atoms with Crippen LogP contribution in [0.4, 0.5) is 0 Å². The Balaban J connectivity index is 2.76. The Labute approximate surface area is 87.5 Å². The second-order valence-corrected chi connectivity index (χ2v) is 3.49. The predicted octanol–water partition coefficient (Wildman–Crippen LogP) is -0.222. The van der Waals surface area contributed by atoms with Crippen molar-refractivity contribution in [2.24, 2.45) is 12.8 Å². The number of nitrogens with two attached hydrogens (primary N) is 1. The van der Waals surface area contributed by atoms with Crippen molar-refractivity contribution in [3.8, 4) is 0 Å². The molecule has 0 atom stereocenters. The van der Waals surface area contributed by atoms with Gasteiger partial charge in [-0.25, -0.2) is 0 Å². The van der Waals surface area contributed by atoms with E-state index in [2.05, 4.69) is 5.10 Å². The second kappa shape index (κ2) is 4.19. The smallest absolute Gasteiger partial charge is 0.272 e. The van der Waals surface area contributed by atoms with Crippen LogP contribution in [0.2, 0.25) is 0 Å². The molecule has 1 aromatic heterocycles. The first-order chi connectivity index (χ1) is 6.52. The summed E-state index contributed by atoms with van der Waals surface area (Å²) >= 11 is 4.71. The Morgan fingerprint density at radius 2 is 2.43 bits per heavy atom. The monoisotopic (exact) mass is 212 g/mol. The van der Waals surface area contributed by atoms with Crippen LogP contribution in [0.1, 0.15) is 10.5 Å². The van der Waals surface area contributed by atoms with Crippen LogP contribution in [0.5, 0.6) is 0 Å². The molecular formula is C8H12N4OS. The van der Waals surface area contributed by atoms with Gasteiger partial charge in [-0.2, -0.15) is 5.10 Å². The SMILES string of the molecule is CN(CC(N)=S)C(=O)c1ccnn1C. The van der Waals surface area contributed by atoms with Crippen LogP contribution in [-0.4, -0.2) is 39.2 Å². The topological polar surface area (TPSA) is 64.2 Å². The average molecular weight is 212 g/mol. The summed E-state index contributed by atoms with van der Waals surface area (Å²) in [5, 5.41) is 3.90. The summed E-state index contributed by atoms with van der Waals surface area (Å²) in [5.74, 6) is -0.141. The largest absolute Gasteiger partial charge is 0.392 e. The molecular weight excluding hydrogens is 200 g/mol. The normalized spacial score (nSPS) is 9.86. The summed E-state index contributed by atoms with van der Waals surface area (Å²) in [6, 6.07) is 1.65. The van der Waals surface area contributed by atoms with Gasteiger partial charge >= 0.3 is 0 Å². The molecule has 0 bridgehead atoms. The minimum atomic E-state index is -0.141. The quantitative estimate of drug-likeness (QED) is 0.703. The lowest BCUT2D eigenvalue weighted by molar-refractivity contribution is 0.0804. The van der Waals surface area contributed by atoms with Crippen molar-refractivity contribution in [2.75, 3.05) is 13.6 Å². The van der Waals surface area contributed by atoms with Gasteiger partial charge in [-0.15, -0.1) is 0 Å². The standard InChI is InChI=1S/C8H12N4OS/c1-11(5-7(9)14)8(13)6-3-4-10-12(6)2/h3-4H,5H2,1-2H3,(H2,9,14). The van der Waals surface area contributed by atoms with Crippen LogP contribution >= 0.6 is 12.2 Å². The van der Waals surface area contributed by atoms with E-state index in [0.717, 1.165) is 0 Å².